The normalized spacial score (nSPS) is 51.7. The Labute approximate surface area is 195 Å². The first-order valence-corrected chi connectivity index (χ1v) is 13.7. The van der Waals surface area contributed by atoms with Crippen LogP contribution < -0.4 is 0 Å². The molecule has 5 aliphatic rings. The van der Waals surface area contributed by atoms with Gasteiger partial charge in [-0.05, 0) is 98.7 Å². The molecule has 4 aliphatic carbocycles. The number of morpholine rings is 1. The van der Waals surface area contributed by atoms with Crippen molar-refractivity contribution in [1.82, 2.24) is 4.90 Å². The van der Waals surface area contributed by atoms with Gasteiger partial charge in [0.2, 0.25) is 0 Å². The van der Waals surface area contributed by atoms with E-state index in [-0.39, 0.29) is 23.7 Å². The van der Waals surface area contributed by atoms with Gasteiger partial charge in [0.25, 0.3) is 0 Å². The average Bonchev–Trinajstić information content (AvgIpc) is 3.11. The largest absolute Gasteiger partial charge is 0.391 e. The molecule has 0 aromatic heterocycles. The molecule has 4 heteroatoms. The first kappa shape index (κ1) is 23.3. The Bertz CT molecular complexity index is 723. The van der Waals surface area contributed by atoms with E-state index in [4.69, 9.17) is 4.74 Å². The Kier molecular flexibility index (Phi) is 6.07. The van der Waals surface area contributed by atoms with Crippen molar-refractivity contribution >= 4 is 5.78 Å². The number of rotatable bonds is 3. The van der Waals surface area contributed by atoms with Gasteiger partial charge in [-0.2, -0.15) is 0 Å². The number of carbonyl (C=O) groups excluding carboxylic acids is 1. The second-order valence-corrected chi connectivity index (χ2v) is 13.2. The van der Waals surface area contributed by atoms with E-state index in [2.05, 4.69) is 32.6 Å². The molecule has 0 aromatic rings. The van der Waals surface area contributed by atoms with Gasteiger partial charge < -0.3 is 9.84 Å². The Morgan fingerprint density at radius 1 is 1.06 bits per heavy atom. The van der Waals surface area contributed by atoms with Crippen LogP contribution in [0.5, 0.6) is 0 Å². The highest BCUT2D eigenvalue weighted by Crippen LogP contribution is 2.67. The van der Waals surface area contributed by atoms with Crippen molar-refractivity contribution in [2.75, 3.05) is 19.7 Å². The van der Waals surface area contributed by atoms with Crippen molar-refractivity contribution in [3.05, 3.63) is 0 Å². The maximum absolute atomic E-state index is 12.4. The Morgan fingerprint density at radius 3 is 2.53 bits per heavy atom. The van der Waals surface area contributed by atoms with Gasteiger partial charge in [-0.1, -0.05) is 27.7 Å². The molecule has 3 unspecified atom stereocenters. The van der Waals surface area contributed by atoms with E-state index in [1.807, 2.05) is 6.92 Å². The van der Waals surface area contributed by atoms with Crippen LogP contribution in [0.4, 0.5) is 0 Å². The van der Waals surface area contributed by atoms with Gasteiger partial charge in [0.1, 0.15) is 5.78 Å². The van der Waals surface area contributed by atoms with E-state index >= 15 is 0 Å². The topological polar surface area (TPSA) is 49.8 Å². The summed E-state index contributed by atoms with van der Waals surface area (Å²) in [5.41, 5.74) is 0.562. The third-order valence-electron chi connectivity index (χ3n) is 11.5. The molecule has 1 N–H and O–H groups in total. The smallest absolute Gasteiger partial charge is 0.133 e. The van der Waals surface area contributed by atoms with Crippen LogP contribution in [0.25, 0.3) is 0 Å². The molecule has 32 heavy (non-hydrogen) atoms. The van der Waals surface area contributed by atoms with Crippen LogP contribution in [0.1, 0.15) is 86.0 Å². The number of carbonyl (C=O) groups is 1. The summed E-state index contributed by atoms with van der Waals surface area (Å²) >= 11 is 0. The number of hydrogen-bond donors (Lipinski definition) is 1. The van der Waals surface area contributed by atoms with Crippen LogP contribution in [0.2, 0.25) is 0 Å². The molecule has 1 saturated heterocycles. The molecular weight excluding hydrogens is 398 g/mol. The van der Waals surface area contributed by atoms with Gasteiger partial charge in [-0.25, -0.2) is 0 Å². The van der Waals surface area contributed by atoms with Crippen LogP contribution in [-0.2, 0) is 9.53 Å². The van der Waals surface area contributed by atoms with Crippen LogP contribution in [0, 0.1) is 46.3 Å². The van der Waals surface area contributed by atoms with Crippen molar-refractivity contribution in [3.63, 3.8) is 0 Å². The van der Waals surface area contributed by atoms with Crippen molar-refractivity contribution in [3.8, 4) is 0 Å². The fourth-order valence-corrected chi connectivity index (χ4v) is 9.72. The molecule has 1 heterocycles. The highest BCUT2D eigenvalue weighted by molar-refractivity contribution is 5.79. The Morgan fingerprint density at radius 2 is 1.81 bits per heavy atom. The van der Waals surface area contributed by atoms with Gasteiger partial charge in [-0.3, -0.25) is 9.69 Å². The van der Waals surface area contributed by atoms with Crippen molar-refractivity contribution in [2.24, 2.45) is 46.3 Å². The summed E-state index contributed by atoms with van der Waals surface area (Å²) in [6.45, 7) is 14.1. The average molecular weight is 446 g/mol. The minimum Gasteiger partial charge on any atom is -0.391 e. The molecule has 4 saturated carbocycles. The van der Waals surface area contributed by atoms with E-state index in [1.54, 1.807) is 0 Å². The molecule has 0 spiro atoms. The Balaban J connectivity index is 1.37. The predicted octanol–water partition coefficient (Wildman–Crippen LogP) is 4.93. The number of aliphatic hydroxyl groups is 1. The van der Waals surface area contributed by atoms with E-state index in [0.717, 1.165) is 56.7 Å². The first-order chi connectivity index (χ1) is 15.1. The molecule has 10 atom stereocenters. The Hall–Kier alpha value is -0.450. The fourth-order valence-electron chi connectivity index (χ4n) is 9.72. The second kappa shape index (κ2) is 8.34. The first-order valence-electron chi connectivity index (χ1n) is 13.7. The number of Topliss-reactive ketones (excluding diaryl/α,β-unsaturated/α-hetero) is 1. The number of ketones is 1. The summed E-state index contributed by atoms with van der Waals surface area (Å²) in [7, 11) is 0. The summed E-state index contributed by atoms with van der Waals surface area (Å²) in [6, 6.07) is 0.280. The monoisotopic (exact) mass is 445 g/mol. The molecule has 0 aromatic carbocycles. The van der Waals surface area contributed by atoms with Gasteiger partial charge in [0.15, 0.2) is 0 Å². The highest BCUT2D eigenvalue weighted by atomic mass is 16.5. The number of hydrogen-bond acceptors (Lipinski definition) is 4. The molecule has 182 valence electrons. The highest BCUT2D eigenvalue weighted by Gasteiger charge is 2.62. The quantitative estimate of drug-likeness (QED) is 0.669. The minimum atomic E-state index is -0.196. The standard InChI is InChI=1S/C28H47NO3/c1-17(2)26-16-29(12-13-32-26)24-15-28(5)19(14-25(24)31)6-7-20-22-9-8-21(18(3)30)27(22,4)11-10-23(20)28/h17,19-26,31H,6-16H2,1-5H3/t19?,20-,21+,22-,23-,24?,25?,26-,27+,28-/m0/s1. The number of aliphatic hydroxyl groups excluding tert-OH is 1. The minimum absolute atomic E-state index is 0.196. The van der Waals surface area contributed by atoms with Crippen molar-refractivity contribution in [1.29, 1.82) is 0 Å². The van der Waals surface area contributed by atoms with Gasteiger partial charge in [-0.15, -0.1) is 0 Å². The van der Waals surface area contributed by atoms with Crippen LogP contribution in [-0.4, -0.2) is 53.7 Å². The summed E-state index contributed by atoms with van der Waals surface area (Å²) in [4.78, 5) is 15.0. The molecule has 0 radical (unpaired) electrons. The molecule has 5 rings (SSSR count). The van der Waals surface area contributed by atoms with E-state index in [9.17, 15) is 9.90 Å². The lowest BCUT2D eigenvalue weighted by molar-refractivity contribution is -0.162. The number of nitrogens with zero attached hydrogens (tertiary/aromatic N) is 1. The lowest BCUT2D eigenvalue weighted by Gasteiger charge is -2.62. The predicted molar refractivity (Wildman–Crippen MR) is 127 cm³/mol. The summed E-state index contributed by atoms with van der Waals surface area (Å²) in [5.74, 6) is 4.18. The maximum atomic E-state index is 12.4. The van der Waals surface area contributed by atoms with Gasteiger partial charge in [0, 0.05) is 25.0 Å². The van der Waals surface area contributed by atoms with Crippen molar-refractivity contribution in [2.45, 2.75) is 104 Å². The lowest BCUT2D eigenvalue weighted by Crippen LogP contribution is -2.61. The third kappa shape index (κ3) is 3.53. The fraction of sp³-hybridized carbons (Fsp3) is 0.964. The van der Waals surface area contributed by atoms with Gasteiger partial charge in [0.05, 0.1) is 18.8 Å². The zero-order valence-electron chi connectivity index (χ0n) is 21.2. The molecule has 1 aliphatic heterocycles. The SMILES string of the molecule is CC(=O)[C@H]1CC[C@H]2[C@@H]3CCC4CC(O)C(N5CCO[C@H](C(C)C)C5)C[C@]4(C)[C@H]3CC[C@]12C. The summed E-state index contributed by atoms with van der Waals surface area (Å²) < 4.78 is 6.05. The zero-order valence-corrected chi connectivity index (χ0v) is 21.2. The molecule has 4 nitrogen and oxygen atoms in total. The maximum Gasteiger partial charge on any atom is 0.133 e. The van der Waals surface area contributed by atoms with E-state index < -0.39 is 0 Å². The molecule has 5 fully saturated rings. The number of fused-ring (bicyclic) bond motifs is 5. The van der Waals surface area contributed by atoms with Crippen LogP contribution >= 0.6 is 0 Å². The molecule has 0 amide bonds. The van der Waals surface area contributed by atoms with Crippen LogP contribution in [0.3, 0.4) is 0 Å². The van der Waals surface area contributed by atoms with Crippen molar-refractivity contribution < 1.29 is 14.6 Å². The molecular formula is C28H47NO3. The summed E-state index contributed by atoms with van der Waals surface area (Å²) in [5, 5.41) is 11.3. The lowest BCUT2D eigenvalue weighted by atomic mass is 9.44. The zero-order chi connectivity index (χ0) is 22.8. The molecule has 0 bridgehead atoms. The van der Waals surface area contributed by atoms with E-state index in [0.29, 0.717) is 29.0 Å². The summed E-state index contributed by atoms with van der Waals surface area (Å²) in [6.07, 6.45) is 9.70. The van der Waals surface area contributed by atoms with Gasteiger partial charge >= 0.3 is 0 Å². The van der Waals surface area contributed by atoms with E-state index in [1.165, 1.54) is 32.1 Å². The second-order valence-electron chi connectivity index (χ2n) is 13.2. The third-order valence-corrected chi connectivity index (χ3v) is 11.5. The number of ether oxygens (including phenoxy) is 1. The van der Waals surface area contributed by atoms with Crippen LogP contribution in [0.15, 0.2) is 0 Å².